The maximum absolute atomic E-state index is 13.4. The predicted octanol–water partition coefficient (Wildman–Crippen LogP) is 3.22. The number of sulfonamides is 1. The summed E-state index contributed by atoms with van der Waals surface area (Å²) < 4.78 is 54.5. The lowest BCUT2D eigenvalue weighted by molar-refractivity contribution is 0.305. The van der Waals surface area contributed by atoms with E-state index >= 15 is 0 Å². The van der Waals surface area contributed by atoms with Crippen LogP contribution in [-0.2, 0) is 29.7 Å². The minimum Gasteiger partial charge on any atom is -0.327 e. The zero-order valence-corrected chi connectivity index (χ0v) is 17.7. The van der Waals surface area contributed by atoms with Crippen LogP contribution in [0.5, 0.6) is 0 Å². The Balaban J connectivity index is 1.89. The SMILES string of the molecule is CCn1c(CN(C)Cc2ccc(F)c(F)c2)nc2cc(S(=O)(=O)N(C)C)ccc21. The Labute approximate surface area is 169 Å². The van der Waals surface area contributed by atoms with Gasteiger partial charge in [0.1, 0.15) is 5.82 Å². The number of aromatic nitrogens is 2. The highest BCUT2D eigenvalue weighted by molar-refractivity contribution is 7.89. The highest BCUT2D eigenvalue weighted by atomic mass is 32.2. The van der Waals surface area contributed by atoms with Crippen molar-refractivity contribution >= 4 is 21.1 Å². The van der Waals surface area contributed by atoms with E-state index in [4.69, 9.17) is 0 Å². The van der Waals surface area contributed by atoms with Gasteiger partial charge >= 0.3 is 0 Å². The molecule has 0 aliphatic rings. The minimum absolute atomic E-state index is 0.192. The molecular weight excluding hydrogens is 398 g/mol. The first-order valence-electron chi connectivity index (χ1n) is 9.17. The maximum Gasteiger partial charge on any atom is 0.242 e. The highest BCUT2D eigenvalue weighted by Crippen LogP contribution is 2.23. The van der Waals surface area contributed by atoms with Gasteiger partial charge < -0.3 is 4.57 Å². The molecule has 0 spiro atoms. The van der Waals surface area contributed by atoms with Gasteiger partial charge in [-0.25, -0.2) is 26.5 Å². The van der Waals surface area contributed by atoms with E-state index in [2.05, 4.69) is 4.98 Å². The monoisotopic (exact) mass is 422 g/mol. The molecule has 3 rings (SSSR count). The normalized spacial score (nSPS) is 12.4. The van der Waals surface area contributed by atoms with Gasteiger partial charge in [-0.05, 0) is 49.9 Å². The number of hydrogen-bond donors (Lipinski definition) is 0. The second-order valence-corrected chi connectivity index (χ2v) is 9.28. The number of hydrogen-bond acceptors (Lipinski definition) is 4. The fourth-order valence-corrected chi connectivity index (χ4v) is 4.17. The molecule has 1 heterocycles. The quantitative estimate of drug-likeness (QED) is 0.587. The maximum atomic E-state index is 13.4. The lowest BCUT2D eigenvalue weighted by Gasteiger charge is -2.17. The molecular formula is C20H24F2N4O2S. The van der Waals surface area contributed by atoms with Gasteiger partial charge in [0.05, 0.1) is 22.5 Å². The van der Waals surface area contributed by atoms with Crippen molar-refractivity contribution in [2.45, 2.75) is 31.5 Å². The van der Waals surface area contributed by atoms with E-state index in [0.717, 1.165) is 17.4 Å². The van der Waals surface area contributed by atoms with Crippen molar-refractivity contribution in [1.29, 1.82) is 0 Å². The number of aryl methyl sites for hydroxylation is 1. The van der Waals surface area contributed by atoms with Gasteiger partial charge in [-0.15, -0.1) is 0 Å². The van der Waals surface area contributed by atoms with Crippen LogP contribution >= 0.6 is 0 Å². The molecule has 0 radical (unpaired) electrons. The minimum atomic E-state index is -3.54. The smallest absolute Gasteiger partial charge is 0.242 e. The molecule has 0 saturated heterocycles. The molecule has 9 heteroatoms. The lowest BCUT2D eigenvalue weighted by Crippen LogP contribution is -2.22. The number of imidazole rings is 1. The zero-order valence-electron chi connectivity index (χ0n) is 16.9. The van der Waals surface area contributed by atoms with Gasteiger partial charge in [0.15, 0.2) is 11.6 Å². The molecule has 0 aliphatic heterocycles. The van der Waals surface area contributed by atoms with E-state index < -0.39 is 21.7 Å². The highest BCUT2D eigenvalue weighted by Gasteiger charge is 2.20. The van der Waals surface area contributed by atoms with Crippen LogP contribution in [0, 0.1) is 11.6 Å². The van der Waals surface area contributed by atoms with E-state index in [1.165, 1.54) is 24.5 Å². The molecule has 0 bridgehead atoms. The van der Waals surface area contributed by atoms with Gasteiger partial charge in [-0.3, -0.25) is 4.90 Å². The number of benzene rings is 2. The first kappa shape index (κ1) is 21.4. The Morgan fingerprint density at radius 2 is 1.72 bits per heavy atom. The van der Waals surface area contributed by atoms with Crippen LogP contribution in [0.25, 0.3) is 11.0 Å². The van der Waals surface area contributed by atoms with Crippen LogP contribution in [0.3, 0.4) is 0 Å². The molecule has 0 aliphatic carbocycles. The summed E-state index contributed by atoms with van der Waals surface area (Å²) >= 11 is 0. The fourth-order valence-electron chi connectivity index (χ4n) is 3.25. The molecule has 3 aromatic rings. The average molecular weight is 423 g/mol. The van der Waals surface area contributed by atoms with Crippen molar-refractivity contribution in [3.8, 4) is 0 Å². The van der Waals surface area contributed by atoms with Crippen molar-refractivity contribution in [2.24, 2.45) is 0 Å². The summed E-state index contributed by atoms with van der Waals surface area (Å²) in [4.78, 5) is 6.77. The Kier molecular flexibility index (Phi) is 6.02. The fraction of sp³-hybridized carbons (Fsp3) is 0.350. The second kappa shape index (κ2) is 8.17. The first-order chi connectivity index (χ1) is 13.6. The molecule has 29 heavy (non-hydrogen) atoms. The third-order valence-corrected chi connectivity index (χ3v) is 6.55. The van der Waals surface area contributed by atoms with Crippen LogP contribution < -0.4 is 0 Å². The Bertz CT molecular complexity index is 1140. The Hall–Kier alpha value is -2.36. The predicted molar refractivity (Wildman–Crippen MR) is 108 cm³/mol. The molecule has 0 fully saturated rings. The average Bonchev–Trinajstić information content (AvgIpc) is 3.00. The van der Waals surface area contributed by atoms with E-state index in [0.29, 0.717) is 30.7 Å². The standard InChI is InChI=1S/C20H24F2N4O2S/c1-5-26-19-9-7-15(29(27,28)24(2)3)11-18(19)23-20(26)13-25(4)12-14-6-8-16(21)17(22)10-14/h6-11H,5,12-13H2,1-4H3. The largest absolute Gasteiger partial charge is 0.327 e. The van der Waals surface area contributed by atoms with Gasteiger partial charge in [0, 0.05) is 27.2 Å². The Morgan fingerprint density at radius 3 is 2.34 bits per heavy atom. The molecule has 6 nitrogen and oxygen atoms in total. The molecule has 0 N–H and O–H groups in total. The summed E-state index contributed by atoms with van der Waals surface area (Å²) in [5, 5.41) is 0. The Morgan fingerprint density at radius 1 is 1.00 bits per heavy atom. The lowest BCUT2D eigenvalue weighted by atomic mass is 10.2. The van der Waals surface area contributed by atoms with Crippen molar-refractivity contribution in [3.63, 3.8) is 0 Å². The van der Waals surface area contributed by atoms with Gasteiger partial charge in [-0.2, -0.15) is 0 Å². The summed E-state index contributed by atoms with van der Waals surface area (Å²) in [6.07, 6.45) is 0. The summed E-state index contributed by atoms with van der Waals surface area (Å²) in [7, 11) is 1.30. The number of rotatable bonds is 7. The summed E-state index contributed by atoms with van der Waals surface area (Å²) in [6, 6.07) is 8.78. The molecule has 156 valence electrons. The summed E-state index contributed by atoms with van der Waals surface area (Å²) in [6.45, 7) is 3.55. The van der Waals surface area contributed by atoms with Crippen LogP contribution in [0.4, 0.5) is 8.78 Å². The molecule has 0 unspecified atom stereocenters. The molecule has 0 amide bonds. The van der Waals surface area contributed by atoms with Gasteiger partial charge in [-0.1, -0.05) is 6.07 Å². The molecule has 1 aromatic heterocycles. The molecule has 2 aromatic carbocycles. The molecule has 0 atom stereocenters. The first-order valence-corrected chi connectivity index (χ1v) is 10.6. The van der Waals surface area contributed by atoms with Gasteiger partial charge in [0.2, 0.25) is 10.0 Å². The number of fused-ring (bicyclic) bond motifs is 1. The third kappa shape index (κ3) is 4.31. The topological polar surface area (TPSA) is 58.4 Å². The van der Waals surface area contributed by atoms with E-state index in [1.54, 1.807) is 24.3 Å². The summed E-state index contributed by atoms with van der Waals surface area (Å²) in [5.41, 5.74) is 2.11. The van der Waals surface area contributed by atoms with Crippen LogP contribution in [0.2, 0.25) is 0 Å². The van der Waals surface area contributed by atoms with E-state index in [9.17, 15) is 17.2 Å². The van der Waals surface area contributed by atoms with Crippen molar-refractivity contribution in [3.05, 3.63) is 59.4 Å². The van der Waals surface area contributed by atoms with E-state index in [-0.39, 0.29) is 4.90 Å². The second-order valence-electron chi connectivity index (χ2n) is 7.13. The van der Waals surface area contributed by atoms with Crippen molar-refractivity contribution in [2.75, 3.05) is 21.1 Å². The van der Waals surface area contributed by atoms with E-state index in [1.807, 2.05) is 23.4 Å². The zero-order chi connectivity index (χ0) is 21.3. The van der Waals surface area contributed by atoms with Crippen LogP contribution in [0.1, 0.15) is 18.3 Å². The van der Waals surface area contributed by atoms with Crippen molar-refractivity contribution < 1.29 is 17.2 Å². The number of halogens is 2. The van der Waals surface area contributed by atoms with Crippen molar-refractivity contribution in [1.82, 2.24) is 18.8 Å². The number of nitrogens with zero attached hydrogens (tertiary/aromatic N) is 4. The summed E-state index contributed by atoms with van der Waals surface area (Å²) in [5.74, 6) is -0.967. The van der Waals surface area contributed by atoms with Gasteiger partial charge in [0.25, 0.3) is 0 Å². The third-order valence-electron chi connectivity index (χ3n) is 4.74. The van der Waals surface area contributed by atoms with Crippen LogP contribution in [0.15, 0.2) is 41.3 Å². The van der Waals surface area contributed by atoms with Crippen LogP contribution in [-0.4, -0.2) is 48.3 Å². The molecule has 0 saturated carbocycles.